The molecule has 5 rings (SSSR count). The zero-order valence-electron chi connectivity index (χ0n) is 19.3. The highest BCUT2D eigenvalue weighted by Gasteiger charge is 2.32. The maximum Gasteiger partial charge on any atom is 0.225 e. The minimum atomic E-state index is -0.00603. The zero-order chi connectivity index (χ0) is 23.1. The molecule has 170 valence electrons. The van der Waals surface area contributed by atoms with E-state index < -0.39 is 0 Å². The summed E-state index contributed by atoms with van der Waals surface area (Å²) < 4.78 is 1.96. The van der Waals surface area contributed by atoms with E-state index in [0.717, 1.165) is 55.1 Å². The molecule has 0 aromatic carbocycles. The number of nitriles is 1. The Hall–Kier alpha value is -3.67. The van der Waals surface area contributed by atoms with E-state index in [9.17, 15) is 10.1 Å². The number of rotatable bonds is 4. The lowest BCUT2D eigenvalue weighted by Gasteiger charge is -2.41. The number of nitrogens with zero attached hydrogens (tertiary/aromatic N) is 8. The second kappa shape index (κ2) is 8.35. The molecule has 2 fully saturated rings. The molecule has 3 aromatic heterocycles. The number of hydrogen-bond acceptors (Lipinski definition) is 7. The molecule has 0 bridgehead atoms. The number of carbonyl (C=O) groups excluding carboxylic acids is 1. The van der Waals surface area contributed by atoms with Crippen LogP contribution in [0.4, 0.5) is 11.5 Å². The van der Waals surface area contributed by atoms with E-state index in [-0.39, 0.29) is 17.9 Å². The Morgan fingerprint density at radius 1 is 1.15 bits per heavy atom. The number of pyridine rings is 1. The van der Waals surface area contributed by atoms with E-state index in [4.69, 9.17) is 4.98 Å². The van der Waals surface area contributed by atoms with Crippen LogP contribution < -0.4 is 9.80 Å². The van der Waals surface area contributed by atoms with Crippen LogP contribution in [0.2, 0.25) is 0 Å². The third kappa shape index (κ3) is 3.65. The van der Waals surface area contributed by atoms with Crippen LogP contribution in [0.3, 0.4) is 0 Å². The number of fused-ring (bicyclic) bond motifs is 1. The average Bonchev–Trinajstić information content (AvgIpc) is 3.16. The minimum Gasteiger partial charge on any atom is -0.369 e. The molecule has 0 saturated carbocycles. The quantitative estimate of drug-likeness (QED) is 0.610. The summed E-state index contributed by atoms with van der Waals surface area (Å²) in [5, 5.41) is 10.3. The van der Waals surface area contributed by atoms with E-state index >= 15 is 0 Å². The molecule has 9 heteroatoms. The van der Waals surface area contributed by atoms with Crippen molar-refractivity contribution >= 4 is 28.4 Å². The molecule has 1 amide bonds. The lowest BCUT2D eigenvalue weighted by atomic mass is 10.1. The van der Waals surface area contributed by atoms with Crippen molar-refractivity contribution < 1.29 is 4.79 Å². The van der Waals surface area contributed by atoms with E-state index in [1.165, 1.54) is 0 Å². The molecule has 0 unspecified atom stereocenters. The predicted octanol–water partition coefficient (Wildman–Crippen LogP) is 2.59. The Balaban J connectivity index is 1.57. The second-order valence-electron chi connectivity index (χ2n) is 9.12. The summed E-state index contributed by atoms with van der Waals surface area (Å²) >= 11 is 0. The Kier molecular flexibility index (Phi) is 5.36. The van der Waals surface area contributed by atoms with Gasteiger partial charge in [-0.05, 0) is 25.5 Å². The van der Waals surface area contributed by atoms with Crippen LogP contribution in [-0.2, 0) is 4.79 Å². The smallest absolute Gasteiger partial charge is 0.225 e. The van der Waals surface area contributed by atoms with E-state index in [1.807, 2.05) is 23.3 Å². The highest BCUT2D eigenvalue weighted by molar-refractivity contribution is 6.01. The van der Waals surface area contributed by atoms with Crippen molar-refractivity contribution in [3.05, 3.63) is 36.4 Å². The van der Waals surface area contributed by atoms with Crippen LogP contribution in [0.5, 0.6) is 0 Å². The molecular weight excluding hydrogens is 416 g/mol. The predicted molar refractivity (Wildman–Crippen MR) is 126 cm³/mol. The molecule has 0 aliphatic carbocycles. The number of aromatic nitrogens is 4. The van der Waals surface area contributed by atoms with Gasteiger partial charge in [0.1, 0.15) is 18.0 Å². The van der Waals surface area contributed by atoms with Gasteiger partial charge in [0.15, 0.2) is 5.65 Å². The summed E-state index contributed by atoms with van der Waals surface area (Å²) in [7, 11) is 0. The SMILES string of the molecule is CC(C)C(=O)N1CCN(c2ncnc3c2c(N2CCC2)cn3-c2cc(C#N)ccn2)C[C@H]1C. The van der Waals surface area contributed by atoms with Gasteiger partial charge in [0.2, 0.25) is 5.91 Å². The van der Waals surface area contributed by atoms with Crippen molar-refractivity contribution in [1.29, 1.82) is 5.26 Å². The van der Waals surface area contributed by atoms with Gasteiger partial charge in [0.05, 0.1) is 22.7 Å². The van der Waals surface area contributed by atoms with E-state index in [1.54, 1.807) is 24.7 Å². The Bertz CT molecular complexity index is 1240. The largest absolute Gasteiger partial charge is 0.369 e. The lowest BCUT2D eigenvalue weighted by Crippen LogP contribution is -2.55. The van der Waals surface area contributed by atoms with Gasteiger partial charge < -0.3 is 14.7 Å². The fourth-order valence-electron chi connectivity index (χ4n) is 4.67. The topological polar surface area (TPSA) is 94.2 Å². The number of amides is 1. The fraction of sp³-hybridized carbons (Fsp3) is 0.458. The average molecular weight is 445 g/mol. The maximum absolute atomic E-state index is 12.6. The Morgan fingerprint density at radius 2 is 1.97 bits per heavy atom. The number of hydrogen-bond donors (Lipinski definition) is 0. The first kappa shape index (κ1) is 21.2. The summed E-state index contributed by atoms with van der Waals surface area (Å²) in [6.45, 7) is 10.1. The number of anilines is 2. The normalized spacial score (nSPS) is 18.5. The highest BCUT2D eigenvalue weighted by atomic mass is 16.2. The van der Waals surface area contributed by atoms with Gasteiger partial charge >= 0.3 is 0 Å². The van der Waals surface area contributed by atoms with Crippen LogP contribution in [-0.4, -0.2) is 69.1 Å². The van der Waals surface area contributed by atoms with Gasteiger partial charge in [-0.2, -0.15) is 5.26 Å². The first-order chi connectivity index (χ1) is 16.0. The van der Waals surface area contributed by atoms with Crippen molar-refractivity contribution in [2.24, 2.45) is 5.92 Å². The monoisotopic (exact) mass is 444 g/mol. The van der Waals surface area contributed by atoms with Crippen LogP contribution >= 0.6 is 0 Å². The number of carbonyl (C=O) groups is 1. The summed E-state index contributed by atoms with van der Waals surface area (Å²) in [6.07, 6.45) is 6.47. The van der Waals surface area contributed by atoms with Gasteiger partial charge in [0.25, 0.3) is 0 Å². The third-order valence-electron chi connectivity index (χ3n) is 6.57. The zero-order valence-corrected chi connectivity index (χ0v) is 19.3. The summed E-state index contributed by atoms with van der Waals surface area (Å²) in [5.41, 5.74) is 2.42. The first-order valence-electron chi connectivity index (χ1n) is 11.5. The van der Waals surface area contributed by atoms with Gasteiger partial charge in [-0.1, -0.05) is 13.8 Å². The molecule has 2 aliphatic rings. The lowest BCUT2D eigenvalue weighted by molar-refractivity contribution is -0.136. The first-order valence-corrected chi connectivity index (χ1v) is 11.5. The van der Waals surface area contributed by atoms with Gasteiger partial charge in [-0.3, -0.25) is 9.36 Å². The van der Waals surface area contributed by atoms with Crippen molar-refractivity contribution in [2.45, 2.75) is 33.2 Å². The van der Waals surface area contributed by atoms with Crippen LogP contribution in [0.25, 0.3) is 16.9 Å². The molecule has 9 nitrogen and oxygen atoms in total. The minimum absolute atomic E-state index is 0.00603. The summed E-state index contributed by atoms with van der Waals surface area (Å²) in [6, 6.07) is 5.77. The van der Waals surface area contributed by atoms with Crippen molar-refractivity contribution in [2.75, 3.05) is 42.5 Å². The van der Waals surface area contributed by atoms with Crippen molar-refractivity contribution in [1.82, 2.24) is 24.4 Å². The summed E-state index contributed by atoms with van der Waals surface area (Å²) in [5.74, 6) is 1.75. The van der Waals surface area contributed by atoms with Crippen LogP contribution in [0.1, 0.15) is 32.8 Å². The molecule has 0 radical (unpaired) electrons. The molecule has 0 spiro atoms. The molecular formula is C24H28N8O. The van der Waals surface area contributed by atoms with Crippen molar-refractivity contribution in [3.63, 3.8) is 0 Å². The molecule has 2 saturated heterocycles. The van der Waals surface area contributed by atoms with Crippen LogP contribution in [0, 0.1) is 17.2 Å². The Morgan fingerprint density at radius 3 is 2.64 bits per heavy atom. The fourth-order valence-corrected chi connectivity index (χ4v) is 4.67. The van der Waals surface area contributed by atoms with E-state index in [2.05, 4.69) is 39.0 Å². The molecule has 33 heavy (non-hydrogen) atoms. The van der Waals surface area contributed by atoms with E-state index in [0.29, 0.717) is 17.9 Å². The Labute approximate surface area is 193 Å². The van der Waals surface area contributed by atoms with Crippen LogP contribution in [0.15, 0.2) is 30.9 Å². The molecule has 5 heterocycles. The molecule has 0 N–H and O–H groups in total. The standard InChI is InChI=1S/C24H28N8O/c1-16(2)24(33)31-10-9-30(13-17(31)3)22-21-19(29-7-4-8-29)14-32(23(21)28-15-27-22)20-11-18(12-25)5-6-26-20/h5-6,11,14-17H,4,7-10,13H2,1-3H3/t17-/m1/s1. The maximum atomic E-state index is 12.6. The number of piperazine rings is 1. The van der Waals surface area contributed by atoms with Crippen molar-refractivity contribution in [3.8, 4) is 11.9 Å². The van der Waals surface area contributed by atoms with Gasteiger partial charge in [0, 0.05) is 57.1 Å². The third-order valence-corrected chi connectivity index (χ3v) is 6.57. The molecule has 2 aliphatic heterocycles. The van der Waals surface area contributed by atoms with Gasteiger partial charge in [-0.15, -0.1) is 0 Å². The molecule has 3 aromatic rings. The second-order valence-corrected chi connectivity index (χ2v) is 9.12. The van der Waals surface area contributed by atoms with Gasteiger partial charge in [-0.25, -0.2) is 15.0 Å². The molecule has 1 atom stereocenters. The summed E-state index contributed by atoms with van der Waals surface area (Å²) in [4.78, 5) is 33.0. The highest BCUT2D eigenvalue weighted by Crippen LogP contribution is 2.38.